The van der Waals surface area contributed by atoms with Crippen LogP contribution in [0.5, 0.6) is 0 Å². The maximum absolute atomic E-state index is 13.2. The zero-order valence-corrected chi connectivity index (χ0v) is 39.7. The first-order chi connectivity index (χ1) is 29.0. The molecule has 0 aliphatic heterocycles. The highest BCUT2D eigenvalue weighted by molar-refractivity contribution is 7.99. The monoisotopic (exact) mass is 862 g/mol. The third-order valence-corrected chi connectivity index (χ3v) is 11.7. The highest BCUT2D eigenvalue weighted by atomic mass is 32.2. The molecular formula is C50H87NO8S. The highest BCUT2D eigenvalue weighted by Crippen LogP contribution is 2.17. The van der Waals surface area contributed by atoms with Gasteiger partial charge in [0.1, 0.15) is 31.0 Å². The van der Waals surface area contributed by atoms with E-state index in [2.05, 4.69) is 19.2 Å². The third-order valence-electron chi connectivity index (χ3n) is 10.5. The van der Waals surface area contributed by atoms with Crippen molar-refractivity contribution in [2.75, 3.05) is 18.1 Å². The quantitative estimate of drug-likeness (QED) is 0.0392. The number of esters is 3. The Bertz CT molecular complexity index is 1210. The molecule has 1 aromatic rings. The molecule has 346 valence electrons. The molecule has 0 bridgehead atoms. The number of nitrogens with one attached hydrogen (secondary N) is 1. The third kappa shape index (κ3) is 34.9. The largest absolute Gasteiger partial charge is 0.462 e. The molecule has 0 aliphatic rings. The molecule has 0 saturated heterocycles. The second kappa shape index (κ2) is 38.0. The molecule has 0 radical (unpaired) electrons. The zero-order chi connectivity index (χ0) is 43.9. The van der Waals surface area contributed by atoms with E-state index in [1.807, 2.05) is 30.3 Å². The molecule has 1 rings (SSSR count). The fraction of sp³-hybridized carbons (Fsp3) is 0.800. The number of carbonyl (C=O) groups excluding carboxylic acids is 4. The van der Waals surface area contributed by atoms with Crippen molar-refractivity contribution < 1.29 is 38.1 Å². The van der Waals surface area contributed by atoms with Crippen molar-refractivity contribution in [2.24, 2.45) is 0 Å². The lowest BCUT2D eigenvalue weighted by Crippen LogP contribution is -2.46. The Balaban J connectivity index is 2.60. The Morgan fingerprint density at radius 1 is 0.567 bits per heavy atom. The zero-order valence-electron chi connectivity index (χ0n) is 38.8. The molecule has 0 fully saturated rings. The summed E-state index contributed by atoms with van der Waals surface area (Å²) in [7, 11) is 0. The Kier molecular flexibility index (Phi) is 35.0. The average Bonchev–Trinajstić information content (AvgIpc) is 3.21. The number of ether oxygens (including phenoxy) is 4. The second-order valence-electron chi connectivity index (χ2n) is 17.6. The van der Waals surface area contributed by atoms with Gasteiger partial charge in [-0.25, -0.2) is 9.59 Å². The van der Waals surface area contributed by atoms with E-state index in [1.54, 1.807) is 20.8 Å². The maximum Gasteiger partial charge on any atom is 0.408 e. The molecule has 0 saturated carbocycles. The number of unbranched alkanes of at least 4 members (excludes halogenated alkanes) is 24. The van der Waals surface area contributed by atoms with Gasteiger partial charge in [-0.2, -0.15) is 11.8 Å². The lowest BCUT2D eigenvalue weighted by atomic mass is 10.0. The minimum Gasteiger partial charge on any atom is -0.462 e. The number of alkyl carbamates (subject to hydrolysis) is 1. The van der Waals surface area contributed by atoms with Gasteiger partial charge in [-0.3, -0.25) is 9.59 Å². The number of rotatable bonds is 39. The predicted octanol–water partition coefficient (Wildman–Crippen LogP) is 13.8. The van der Waals surface area contributed by atoms with Gasteiger partial charge in [0.05, 0.1) is 0 Å². The first kappa shape index (κ1) is 55.3. The summed E-state index contributed by atoms with van der Waals surface area (Å²) in [6, 6.07) is 8.32. The summed E-state index contributed by atoms with van der Waals surface area (Å²) in [6.45, 7) is 9.76. The lowest BCUT2D eigenvalue weighted by Gasteiger charge is -2.23. The topological polar surface area (TPSA) is 117 Å². The van der Waals surface area contributed by atoms with Crippen LogP contribution in [0, 0.1) is 0 Å². The minimum absolute atomic E-state index is 0.0583. The Labute approximate surface area is 370 Å². The van der Waals surface area contributed by atoms with Crippen LogP contribution in [0.25, 0.3) is 0 Å². The standard InChI is InChI=1S/C50H87NO8S/c1-6-8-10-12-14-16-18-20-22-24-26-28-33-37-46(52)56-40-44(58-47(53)38-34-29-27-25-23-21-19-17-15-13-11-9-7-2)41-60-42-45(51-49(55)59-50(3,4)5)48(54)57-39-43-35-31-30-32-36-43/h30-32,35-36,44-45H,6-29,33-34,37-42H2,1-5H3,(H,51,55)/t44-,45+/m1/s1. The summed E-state index contributed by atoms with van der Waals surface area (Å²) < 4.78 is 22.5. The molecule has 0 spiro atoms. The van der Waals surface area contributed by atoms with E-state index in [0.717, 1.165) is 44.1 Å². The first-order valence-electron chi connectivity index (χ1n) is 24.2. The van der Waals surface area contributed by atoms with Gasteiger partial charge in [-0.05, 0) is 39.2 Å². The smallest absolute Gasteiger partial charge is 0.408 e. The normalized spacial score (nSPS) is 12.4. The van der Waals surface area contributed by atoms with Crippen LogP contribution in [-0.4, -0.2) is 59.9 Å². The minimum atomic E-state index is -1.01. The summed E-state index contributed by atoms with van der Waals surface area (Å²) >= 11 is 1.32. The van der Waals surface area contributed by atoms with Gasteiger partial charge in [-0.15, -0.1) is 0 Å². The summed E-state index contributed by atoms with van der Waals surface area (Å²) in [4.78, 5) is 51.6. The molecule has 1 aromatic carbocycles. The van der Waals surface area contributed by atoms with Crippen molar-refractivity contribution in [3.8, 4) is 0 Å². The van der Waals surface area contributed by atoms with Crippen molar-refractivity contribution in [3.63, 3.8) is 0 Å². The van der Waals surface area contributed by atoms with Gasteiger partial charge in [-0.1, -0.05) is 198 Å². The van der Waals surface area contributed by atoms with Crippen LogP contribution < -0.4 is 5.32 Å². The second-order valence-corrected chi connectivity index (χ2v) is 18.7. The van der Waals surface area contributed by atoms with Gasteiger partial charge in [0.25, 0.3) is 0 Å². The summed E-state index contributed by atoms with van der Waals surface area (Å²) in [5, 5.41) is 2.65. The molecular weight excluding hydrogens is 775 g/mol. The molecule has 0 unspecified atom stereocenters. The van der Waals surface area contributed by atoms with Gasteiger partial charge < -0.3 is 24.3 Å². The first-order valence-corrected chi connectivity index (χ1v) is 25.3. The molecule has 10 heteroatoms. The van der Waals surface area contributed by atoms with E-state index in [1.165, 1.54) is 140 Å². The van der Waals surface area contributed by atoms with E-state index in [-0.39, 0.29) is 36.7 Å². The maximum atomic E-state index is 13.2. The van der Waals surface area contributed by atoms with E-state index < -0.39 is 29.8 Å². The van der Waals surface area contributed by atoms with Gasteiger partial charge in [0, 0.05) is 24.3 Å². The Hall–Kier alpha value is -2.75. The van der Waals surface area contributed by atoms with E-state index in [4.69, 9.17) is 18.9 Å². The molecule has 9 nitrogen and oxygen atoms in total. The van der Waals surface area contributed by atoms with Gasteiger partial charge >= 0.3 is 24.0 Å². The number of amides is 1. The van der Waals surface area contributed by atoms with Crippen LogP contribution in [0.3, 0.4) is 0 Å². The van der Waals surface area contributed by atoms with E-state index in [9.17, 15) is 19.2 Å². The molecule has 2 atom stereocenters. The molecule has 60 heavy (non-hydrogen) atoms. The van der Waals surface area contributed by atoms with Crippen LogP contribution in [0.4, 0.5) is 4.79 Å². The fourth-order valence-electron chi connectivity index (χ4n) is 6.96. The summed E-state index contributed by atoms with van der Waals surface area (Å²) in [5.41, 5.74) is 0.0737. The number of hydrogen-bond acceptors (Lipinski definition) is 9. The number of carbonyl (C=O) groups is 4. The number of benzene rings is 1. The van der Waals surface area contributed by atoms with Gasteiger partial charge in [0.2, 0.25) is 0 Å². The molecule has 0 heterocycles. The lowest BCUT2D eigenvalue weighted by molar-refractivity contribution is -0.157. The van der Waals surface area contributed by atoms with Gasteiger partial charge in [0.15, 0.2) is 0 Å². The number of thioether (sulfide) groups is 1. The van der Waals surface area contributed by atoms with Crippen LogP contribution >= 0.6 is 11.8 Å². The Morgan fingerprint density at radius 2 is 1.00 bits per heavy atom. The molecule has 1 amide bonds. The van der Waals surface area contributed by atoms with E-state index in [0.29, 0.717) is 12.8 Å². The Morgan fingerprint density at radius 3 is 1.45 bits per heavy atom. The van der Waals surface area contributed by atoms with Crippen LogP contribution in [0.1, 0.15) is 220 Å². The highest BCUT2D eigenvalue weighted by Gasteiger charge is 2.27. The van der Waals surface area contributed by atoms with E-state index >= 15 is 0 Å². The summed E-state index contributed by atoms with van der Waals surface area (Å²) in [6.07, 6.45) is 31.2. The fourth-order valence-corrected chi connectivity index (χ4v) is 7.98. The van der Waals surface area contributed by atoms with Crippen LogP contribution in [0.15, 0.2) is 30.3 Å². The number of hydrogen-bond donors (Lipinski definition) is 1. The molecule has 0 aliphatic carbocycles. The SMILES string of the molecule is CCCCCCCCCCCCCCCC(=O)OC[C@H](CSC[C@H](NC(=O)OC(C)(C)C)C(=O)OCc1ccccc1)OC(=O)CCCCCCCCCCCCCCC. The van der Waals surface area contributed by atoms with Crippen molar-refractivity contribution in [1.29, 1.82) is 0 Å². The molecule has 1 N–H and O–H groups in total. The van der Waals surface area contributed by atoms with Crippen molar-refractivity contribution in [3.05, 3.63) is 35.9 Å². The average molecular weight is 862 g/mol. The van der Waals surface area contributed by atoms with Crippen molar-refractivity contribution in [1.82, 2.24) is 5.32 Å². The molecule has 0 aromatic heterocycles. The van der Waals surface area contributed by atoms with Crippen molar-refractivity contribution in [2.45, 2.75) is 239 Å². The van der Waals surface area contributed by atoms with Crippen LogP contribution in [-0.2, 0) is 39.9 Å². The summed E-state index contributed by atoms with van der Waals surface area (Å²) in [5.74, 6) is -0.796. The van der Waals surface area contributed by atoms with Crippen molar-refractivity contribution >= 4 is 35.8 Å². The predicted molar refractivity (Wildman–Crippen MR) is 248 cm³/mol. The van der Waals surface area contributed by atoms with Crippen LogP contribution in [0.2, 0.25) is 0 Å².